The molecule has 3 aromatic rings. The summed E-state index contributed by atoms with van der Waals surface area (Å²) in [4.78, 5) is 31.2. The second kappa shape index (κ2) is 11.7. The van der Waals surface area contributed by atoms with Crippen LogP contribution in [0.4, 0.5) is 0 Å². The highest BCUT2D eigenvalue weighted by molar-refractivity contribution is 5.98. The van der Waals surface area contributed by atoms with Gasteiger partial charge in [-0.2, -0.15) is 0 Å². The zero-order valence-corrected chi connectivity index (χ0v) is 21.8. The number of nitrogens with zero attached hydrogens (tertiary/aromatic N) is 2. The molecule has 1 saturated heterocycles. The number of aryl methyl sites for hydroxylation is 1. The van der Waals surface area contributed by atoms with Crippen LogP contribution in [0.25, 0.3) is 17.5 Å². The number of amides is 1. The van der Waals surface area contributed by atoms with Gasteiger partial charge in [0.15, 0.2) is 0 Å². The van der Waals surface area contributed by atoms with E-state index in [9.17, 15) is 14.7 Å². The van der Waals surface area contributed by atoms with Gasteiger partial charge in [-0.05, 0) is 67.5 Å². The van der Waals surface area contributed by atoms with Crippen LogP contribution >= 0.6 is 0 Å². The van der Waals surface area contributed by atoms with Gasteiger partial charge in [0.2, 0.25) is 11.8 Å². The molecule has 2 fully saturated rings. The topological polar surface area (TPSA) is 92.9 Å². The minimum absolute atomic E-state index is 0.0882. The molecule has 7 heteroatoms. The first-order chi connectivity index (χ1) is 18.5. The fourth-order valence-corrected chi connectivity index (χ4v) is 5.56. The Bertz CT molecular complexity index is 1280. The van der Waals surface area contributed by atoms with Crippen LogP contribution in [0.1, 0.15) is 49.1 Å². The van der Waals surface area contributed by atoms with E-state index in [2.05, 4.69) is 4.98 Å². The second-order valence-corrected chi connectivity index (χ2v) is 10.3. The van der Waals surface area contributed by atoms with Crippen LogP contribution < -0.4 is 4.74 Å². The van der Waals surface area contributed by atoms with E-state index in [1.807, 2.05) is 66.4 Å². The minimum Gasteiger partial charge on any atom is -0.493 e. The first-order valence-corrected chi connectivity index (χ1v) is 13.4. The maximum Gasteiger partial charge on any atom is 0.332 e. The van der Waals surface area contributed by atoms with Gasteiger partial charge in [0.1, 0.15) is 11.5 Å². The zero-order chi connectivity index (χ0) is 26.5. The number of likely N-dealkylation sites (tertiary alicyclic amines) is 1. The standard InChI is InChI=1S/C31H34N2O5/c1-21-28(32-30(38-21)23-7-3-2-4-8-23)15-16-37-27-13-11-22(12-14-27)17-26(31(35)36)18-29(34)33-19-24-9-5-6-10-25(24)20-33/h2-4,7-8,11-14,17,24-25H,5-6,9-10,15-16,18-20H2,1H3,(H,35,36)/b26-17+. The third-order valence-electron chi connectivity index (χ3n) is 7.69. The number of aromatic nitrogens is 1. The normalized spacial score (nSPS) is 19.3. The van der Waals surface area contributed by atoms with Crippen molar-refractivity contribution in [2.75, 3.05) is 19.7 Å². The molecule has 2 aliphatic rings. The number of oxazole rings is 1. The van der Waals surface area contributed by atoms with Gasteiger partial charge in [-0.15, -0.1) is 0 Å². The number of aliphatic carboxylic acids is 1. The Kier molecular flexibility index (Phi) is 7.91. The Morgan fingerprint density at radius 3 is 2.39 bits per heavy atom. The molecule has 2 heterocycles. The molecule has 1 saturated carbocycles. The summed E-state index contributed by atoms with van der Waals surface area (Å²) in [6, 6.07) is 17.0. The molecule has 1 amide bonds. The van der Waals surface area contributed by atoms with Crippen molar-refractivity contribution in [2.24, 2.45) is 11.8 Å². The van der Waals surface area contributed by atoms with E-state index in [-0.39, 0.29) is 17.9 Å². The van der Waals surface area contributed by atoms with Gasteiger partial charge >= 0.3 is 5.97 Å². The number of hydrogen-bond acceptors (Lipinski definition) is 5. The summed E-state index contributed by atoms with van der Waals surface area (Å²) < 4.78 is 11.7. The number of carboxylic acid groups (broad SMARTS) is 1. The first kappa shape index (κ1) is 25.8. The lowest BCUT2D eigenvalue weighted by Gasteiger charge is -2.22. The van der Waals surface area contributed by atoms with Crippen molar-refractivity contribution in [1.82, 2.24) is 9.88 Å². The predicted molar refractivity (Wildman–Crippen MR) is 145 cm³/mol. The Balaban J connectivity index is 1.15. The van der Waals surface area contributed by atoms with E-state index in [0.29, 0.717) is 36.5 Å². The van der Waals surface area contributed by atoms with Crippen molar-refractivity contribution in [3.63, 3.8) is 0 Å². The number of ether oxygens (including phenoxy) is 1. The third-order valence-corrected chi connectivity index (χ3v) is 7.69. The van der Waals surface area contributed by atoms with Gasteiger partial charge in [0.25, 0.3) is 0 Å². The molecule has 7 nitrogen and oxygen atoms in total. The number of benzene rings is 2. The summed E-state index contributed by atoms with van der Waals surface area (Å²) in [6.07, 6.45) is 6.92. The quantitative estimate of drug-likeness (QED) is 0.364. The van der Waals surface area contributed by atoms with Crippen LogP contribution in [0, 0.1) is 18.8 Å². The summed E-state index contributed by atoms with van der Waals surface area (Å²) in [5, 5.41) is 9.73. The highest BCUT2D eigenvalue weighted by Gasteiger charge is 2.36. The summed E-state index contributed by atoms with van der Waals surface area (Å²) >= 11 is 0. The SMILES string of the molecule is Cc1oc(-c2ccccc2)nc1CCOc1ccc(/C=C(\CC(=O)N2CC3CCCCC3C2)C(=O)O)cc1. The van der Waals surface area contributed by atoms with E-state index in [4.69, 9.17) is 9.15 Å². The van der Waals surface area contributed by atoms with E-state index in [1.165, 1.54) is 25.7 Å². The molecule has 0 radical (unpaired) electrons. The molecule has 2 atom stereocenters. The van der Waals surface area contributed by atoms with Crippen LogP contribution in [-0.4, -0.2) is 46.6 Å². The van der Waals surface area contributed by atoms with Gasteiger partial charge in [-0.1, -0.05) is 43.2 Å². The predicted octanol–water partition coefficient (Wildman–Crippen LogP) is 5.78. The van der Waals surface area contributed by atoms with Crippen LogP contribution in [0.3, 0.4) is 0 Å². The van der Waals surface area contributed by atoms with E-state index >= 15 is 0 Å². The molecule has 1 aliphatic carbocycles. The van der Waals surface area contributed by atoms with Crippen LogP contribution in [0.5, 0.6) is 5.75 Å². The summed E-state index contributed by atoms with van der Waals surface area (Å²) in [7, 11) is 0. The fraction of sp³-hybridized carbons (Fsp3) is 0.387. The number of carboxylic acids is 1. The molecule has 1 aromatic heterocycles. The molecule has 2 unspecified atom stereocenters. The van der Waals surface area contributed by atoms with Crippen molar-refractivity contribution in [2.45, 2.75) is 45.4 Å². The zero-order valence-electron chi connectivity index (χ0n) is 21.8. The molecule has 2 aromatic carbocycles. The minimum atomic E-state index is -1.06. The maximum atomic E-state index is 12.9. The molecule has 0 bridgehead atoms. The third kappa shape index (κ3) is 6.15. The molecular weight excluding hydrogens is 480 g/mol. The van der Waals surface area contributed by atoms with Crippen molar-refractivity contribution >= 4 is 18.0 Å². The smallest absolute Gasteiger partial charge is 0.332 e. The van der Waals surface area contributed by atoms with Gasteiger partial charge in [0.05, 0.1) is 18.7 Å². The summed E-state index contributed by atoms with van der Waals surface area (Å²) in [5.41, 5.74) is 2.62. The lowest BCUT2D eigenvalue weighted by molar-refractivity contribution is -0.136. The fourth-order valence-electron chi connectivity index (χ4n) is 5.56. The Morgan fingerprint density at radius 1 is 1.05 bits per heavy atom. The molecule has 1 aliphatic heterocycles. The molecule has 1 N–H and O–H groups in total. The van der Waals surface area contributed by atoms with Gasteiger partial charge in [-0.25, -0.2) is 9.78 Å². The highest BCUT2D eigenvalue weighted by atomic mass is 16.5. The van der Waals surface area contributed by atoms with Gasteiger partial charge < -0.3 is 19.2 Å². The number of carbonyl (C=O) groups excluding carboxylic acids is 1. The van der Waals surface area contributed by atoms with Crippen LogP contribution in [0.15, 0.2) is 64.6 Å². The Hall–Kier alpha value is -3.87. The summed E-state index contributed by atoms with van der Waals surface area (Å²) in [6.45, 7) is 3.87. The number of hydrogen-bond donors (Lipinski definition) is 1. The molecular formula is C31H34N2O5. The molecule has 38 heavy (non-hydrogen) atoms. The Labute approximate surface area is 223 Å². The first-order valence-electron chi connectivity index (χ1n) is 13.4. The molecule has 0 spiro atoms. The van der Waals surface area contributed by atoms with Crippen molar-refractivity contribution in [1.29, 1.82) is 0 Å². The second-order valence-electron chi connectivity index (χ2n) is 10.3. The molecule has 198 valence electrons. The van der Waals surface area contributed by atoms with Gasteiger partial charge in [0, 0.05) is 30.6 Å². The van der Waals surface area contributed by atoms with Crippen LogP contribution in [-0.2, 0) is 16.0 Å². The largest absolute Gasteiger partial charge is 0.493 e. The van der Waals surface area contributed by atoms with Crippen molar-refractivity contribution in [3.05, 3.63) is 77.2 Å². The lowest BCUT2D eigenvalue weighted by atomic mass is 9.82. The lowest BCUT2D eigenvalue weighted by Crippen LogP contribution is -2.29. The van der Waals surface area contributed by atoms with Gasteiger partial charge in [-0.3, -0.25) is 4.79 Å². The van der Waals surface area contributed by atoms with E-state index in [1.54, 1.807) is 6.08 Å². The highest BCUT2D eigenvalue weighted by Crippen LogP contribution is 2.36. The van der Waals surface area contributed by atoms with Crippen molar-refractivity contribution in [3.8, 4) is 17.2 Å². The number of rotatable bonds is 9. The maximum absolute atomic E-state index is 12.9. The van der Waals surface area contributed by atoms with Crippen LogP contribution in [0.2, 0.25) is 0 Å². The van der Waals surface area contributed by atoms with E-state index in [0.717, 1.165) is 35.7 Å². The molecule has 5 rings (SSSR count). The van der Waals surface area contributed by atoms with Crippen molar-refractivity contribution < 1.29 is 23.8 Å². The number of fused-ring (bicyclic) bond motifs is 1. The Morgan fingerprint density at radius 2 is 1.74 bits per heavy atom. The number of carbonyl (C=O) groups is 2. The monoisotopic (exact) mass is 514 g/mol. The summed E-state index contributed by atoms with van der Waals surface area (Å²) in [5.74, 6) is 2.06. The average Bonchev–Trinajstić information content (AvgIpc) is 3.53. The van der Waals surface area contributed by atoms with E-state index < -0.39 is 5.97 Å². The average molecular weight is 515 g/mol.